The molecule has 0 bridgehead atoms. The van der Waals surface area contributed by atoms with E-state index in [0.717, 1.165) is 34.8 Å². The Labute approximate surface area is 257 Å². The summed E-state index contributed by atoms with van der Waals surface area (Å²) in [6, 6.07) is 9.92. The van der Waals surface area contributed by atoms with E-state index in [1.165, 1.54) is 0 Å². The van der Waals surface area contributed by atoms with Crippen molar-refractivity contribution in [2.45, 2.75) is 70.9 Å². The van der Waals surface area contributed by atoms with E-state index in [0.29, 0.717) is 36.6 Å². The fourth-order valence-corrected chi connectivity index (χ4v) is 6.45. The Morgan fingerprint density at radius 1 is 1.07 bits per heavy atom. The van der Waals surface area contributed by atoms with Gasteiger partial charge in [0.2, 0.25) is 11.8 Å². The van der Waals surface area contributed by atoms with Gasteiger partial charge in [0.15, 0.2) is 11.6 Å². The summed E-state index contributed by atoms with van der Waals surface area (Å²) in [7, 11) is -4.41. The zero-order valence-electron chi connectivity index (χ0n) is 25.3. The predicted molar refractivity (Wildman–Crippen MR) is 164 cm³/mol. The van der Waals surface area contributed by atoms with Crippen LogP contribution in [-0.4, -0.2) is 30.0 Å². The number of nitrogens with one attached hydrogen (secondary N) is 2. The second-order valence-corrected chi connectivity index (χ2v) is 13.4. The van der Waals surface area contributed by atoms with Crippen LogP contribution < -0.4 is 10.0 Å². The number of hydrogen-bond donors (Lipinski definition) is 2. The number of aryl methyl sites for hydroxylation is 2. The van der Waals surface area contributed by atoms with Crippen LogP contribution in [0, 0.1) is 37.3 Å². The molecule has 1 aliphatic carbocycles. The van der Waals surface area contributed by atoms with Gasteiger partial charge in [0.1, 0.15) is 0 Å². The molecule has 2 N–H and O–H groups in total. The van der Waals surface area contributed by atoms with E-state index in [9.17, 15) is 26.8 Å². The largest absolute Gasteiger partial charge is 0.345 e. The predicted octanol–water partition coefficient (Wildman–Crippen LogP) is 5.84. The summed E-state index contributed by atoms with van der Waals surface area (Å²) in [5.74, 6) is -3.63. The van der Waals surface area contributed by atoms with Crippen LogP contribution in [0.2, 0.25) is 0 Å². The van der Waals surface area contributed by atoms with Crippen molar-refractivity contribution in [3.8, 4) is 0 Å². The number of carbonyl (C=O) groups excluding carboxylic acids is 2. The minimum atomic E-state index is -4.41. The Bertz CT molecular complexity index is 1660. The molecule has 2 atom stereocenters. The molecular formula is C33H38F2N4O4S. The van der Waals surface area contributed by atoms with Crippen LogP contribution in [0.15, 0.2) is 83.1 Å². The highest BCUT2D eigenvalue weighted by Crippen LogP contribution is 2.31. The SMILES string of the molecule is Cc1cc(C)cc(C(CC(C)C)NC(=O)C2=CC(Cn3cccn3)=CCC2CCC(=O)NS(=O)(=O)c2ccc(F)c(F)c2)c1. The fraction of sp³-hybridized carbons (Fsp3) is 0.364. The molecule has 0 radical (unpaired) electrons. The summed E-state index contributed by atoms with van der Waals surface area (Å²) >= 11 is 0. The minimum absolute atomic E-state index is 0.197. The molecule has 44 heavy (non-hydrogen) atoms. The molecule has 0 saturated heterocycles. The summed E-state index contributed by atoms with van der Waals surface area (Å²) < 4.78 is 55.8. The normalized spacial score (nSPS) is 15.8. The minimum Gasteiger partial charge on any atom is -0.345 e. The number of benzene rings is 2. The summed E-state index contributed by atoms with van der Waals surface area (Å²) in [6.45, 7) is 8.71. The van der Waals surface area contributed by atoms with Gasteiger partial charge in [-0.25, -0.2) is 21.9 Å². The first kappa shape index (κ1) is 32.8. The molecule has 1 heterocycles. The molecule has 2 aromatic carbocycles. The maximum Gasteiger partial charge on any atom is 0.264 e. The van der Waals surface area contributed by atoms with Crippen molar-refractivity contribution in [1.29, 1.82) is 0 Å². The first-order chi connectivity index (χ1) is 20.8. The van der Waals surface area contributed by atoms with E-state index in [1.807, 2.05) is 43.0 Å². The molecule has 2 unspecified atom stereocenters. The monoisotopic (exact) mass is 624 g/mol. The number of carbonyl (C=O) groups is 2. The van der Waals surface area contributed by atoms with Crippen molar-refractivity contribution < 1.29 is 26.8 Å². The van der Waals surface area contributed by atoms with Crippen molar-refractivity contribution in [1.82, 2.24) is 19.8 Å². The lowest BCUT2D eigenvalue weighted by Gasteiger charge is -2.27. The van der Waals surface area contributed by atoms with E-state index in [4.69, 9.17) is 0 Å². The molecule has 234 valence electrons. The summed E-state index contributed by atoms with van der Waals surface area (Å²) in [5.41, 5.74) is 4.63. The van der Waals surface area contributed by atoms with Crippen LogP contribution in [-0.2, 0) is 26.2 Å². The van der Waals surface area contributed by atoms with Gasteiger partial charge in [-0.1, -0.05) is 49.2 Å². The Morgan fingerprint density at radius 2 is 1.80 bits per heavy atom. The number of hydrogen-bond acceptors (Lipinski definition) is 5. The number of allylic oxidation sites excluding steroid dienone is 3. The number of amides is 2. The van der Waals surface area contributed by atoms with Crippen molar-refractivity contribution in [2.75, 3.05) is 0 Å². The third-order valence-corrected chi connectivity index (χ3v) is 8.81. The van der Waals surface area contributed by atoms with Crippen LogP contribution in [0.3, 0.4) is 0 Å². The zero-order valence-corrected chi connectivity index (χ0v) is 26.1. The van der Waals surface area contributed by atoms with E-state index >= 15 is 0 Å². The molecule has 0 spiro atoms. The van der Waals surface area contributed by atoms with Crippen LogP contribution in [0.5, 0.6) is 0 Å². The summed E-state index contributed by atoms with van der Waals surface area (Å²) in [6.07, 6.45) is 8.52. The van der Waals surface area contributed by atoms with Crippen LogP contribution in [0.1, 0.15) is 62.3 Å². The molecule has 4 rings (SSSR count). The third-order valence-electron chi connectivity index (χ3n) is 7.44. The number of halogens is 2. The van der Waals surface area contributed by atoms with Crippen molar-refractivity contribution >= 4 is 21.8 Å². The topological polar surface area (TPSA) is 110 Å². The first-order valence-electron chi connectivity index (χ1n) is 14.6. The number of rotatable bonds is 12. The Kier molecular flexibility index (Phi) is 10.5. The molecule has 0 fully saturated rings. The summed E-state index contributed by atoms with van der Waals surface area (Å²) in [4.78, 5) is 26.1. The molecule has 0 saturated carbocycles. The van der Waals surface area contributed by atoms with Gasteiger partial charge >= 0.3 is 0 Å². The second kappa shape index (κ2) is 14.1. The third kappa shape index (κ3) is 8.72. The van der Waals surface area contributed by atoms with Gasteiger partial charge in [0.05, 0.1) is 17.5 Å². The van der Waals surface area contributed by atoms with Crippen LogP contribution >= 0.6 is 0 Å². The maximum atomic E-state index is 13.9. The first-order valence-corrected chi connectivity index (χ1v) is 16.1. The molecular weight excluding hydrogens is 586 g/mol. The number of nitrogens with zero attached hydrogens (tertiary/aromatic N) is 2. The van der Waals surface area contributed by atoms with Crippen molar-refractivity contribution in [3.05, 3.63) is 106 Å². The van der Waals surface area contributed by atoms with E-state index in [-0.39, 0.29) is 30.7 Å². The Balaban J connectivity index is 1.52. The Hall–Kier alpha value is -4.12. The lowest BCUT2D eigenvalue weighted by atomic mass is 9.84. The maximum absolute atomic E-state index is 13.9. The van der Waals surface area contributed by atoms with Gasteiger partial charge < -0.3 is 5.32 Å². The number of sulfonamides is 1. The highest BCUT2D eigenvalue weighted by atomic mass is 32.2. The van der Waals surface area contributed by atoms with Gasteiger partial charge in [-0.15, -0.1) is 0 Å². The van der Waals surface area contributed by atoms with Gasteiger partial charge in [-0.3, -0.25) is 14.3 Å². The van der Waals surface area contributed by atoms with E-state index < -0.39 is 32.5 Å². The molecule has 1 aromatic heterocycles. The smallest absolute Gasteiger partial charge is 0.264 e. The lowest BCUT2D eigenvalue weighted by molar-refractivity contribution is -0.121. The van der Waals surface area contributed by atoms with Gasteiger partial charge in [-0.05, 0) is 86.4 Å². The molecule has 11 heteroatoms. The Morgan fingerprint density at radius 3 is 2.43 bits per heavy atom. The zero-order chi connectivity index (χ0) is 32.0. The fourth-order valence-electron chi connectivity index (χ4n) is 5.42. The average molecular weight is 625 g/mol. The van der Waals surface area contributed by atoms with Crippen LogP contribution in [0.4, 0.5) is 8.78 Å². The molecule has 8 nitrogen and oxygen atoms in total. The van der Waals surface area contributed by atoms with Gasteiger partial charge in [0, 0.05) is 24.4 Å². The van der Waals surface area contributed by atoms with Gasteiger partial charge in [-0.2, -0.15) is 5.10 Å². The van der Waals surface area contributed by atoms with Crippen LogP contribution in [0.25, 0.3) is 0 Å². The molecule has 2 amide bonds. The second-order valence-electron chi connectivity index (χ2n) is 11.7. The average Bonchev–Trinajstić information content (AvgIpc) is 3.45. The van der Waals surface area contributed by atoms with E-state index in [1.54, 1.807) is 10.9 Å². The standard InChI is InChI=1S/C33H38F2N4O4S/c1-21(2)14-31(26-16-22(3)15-23(4)17-26)37-33(41)28-18-24(20-39-13-5-12-36-39)6-7-25(28)8-11-32(40)38-44(42,43)27-9-10-29(34)30(35)19-27/h5-6,9-10,12-13,15-19,21,25,31H,7-8,11,14,20H2,1-4H3,(H,37,41)(H,38,40). The summed E-state index contributed by atoms with van der Waals surface area (Å²) in [5, 5.41) is 7.49. The molecule has 3 aromatic rings. The van der Waals surface area contributed by atoms with Crippen molar-refractivity contribution in [2.24, 2.45) is 11.8 Å². The highest BCUT2D eigenvalue weighted by Gasteiger charge is 2.28. The van der Waals surface area contributed by atoms with Crippen molar-refractivity contribution in [3.63, 3.8) is 0 Å². The number of aromatic nitrogens is 2. The lowest BCUT2D eigenvalue weighted by Crippen LogP contribution is -2.34. The molecule has 0 aliphatic heterocycles. The highest BCUT2D eigenvalue weighted by molar-refractivity contribution is 7.90. The van der Waals surface area contributed by atoms with Gasteiger partial charge in [0.25, 0.3) is 10.0 Å². The molecule has 1 aliphatic rings. The quantitative estimate of drug-likeness (QED) is 0.263. The van der Waals surface area contributed by atoms with E-state index in [2.05, 4.69) is 42.5 Å².